The van der Waals surface area contributed by atoms with Gasteiger partial charge in [0.25, 0.3) is 0 Å². The van der Waals surface area contributed by atoms with Gasteiger partial charge < -0.3 is 10.6 Å². The molecule has 0 radical (unpaired) electrons. The Hall–Kier alpha value is -1.88. The molecule has 0 aliphatic heterocycles. The van der Waals surface area contributed by atoms with Crippen LogP contribution in [-0.4, -0.2) is 31.1 Å². The number of hydrogen-bond acceptors (Lipinski definition) is 3. The number of aliphatic imine (C=N–C) groups is 1. The first-order valence-corrected chi connectivity index (χ1v) is 8.88. The van der Waals surface area contributed by atoms with E-state index < -0.39 is 0 Å². The van der Waals surface area contributed by atoms with E-state index in [1.54, 1.807) is 18.4 Å². The van der Waals surface area contributed by atoms with Gasteiger partial charge in [0.1, 0.15) is 0 Å². The van der Waals surface area contributed by atoms with Crippen LogP contribution in [0.1, 0.15) is 34.7 Å². The molecule has 0 aliphatic carbocycles. The molecule has 1 aromatic heterocycles. The normalized spacial score (nSPS) is 13.0. The van der Waals surface area contributed by atoms with Crippen LogP contribution < -0.4 is 10.6 Å². The predicted octanol–water partition coefficient (Wildman–Crippen LogP) is 3.27. The Labute approximate surface area is 143 Å². The number of rotatable bonds is 6. The van der Waals surface area contributed by atoms with Crippen LogP contribution in [0.4, 0.5) is 0 Å². The van der Waals surface area contributed by atoms with Crippen molar-refractivity contribution in [3.8, 4) is 0 Å². The molecule has 23 heavy (non-hydrogen) atoms. The summed E-state index contributed by atoms with van der Waals surface area (Å²) in [6, 6.07) is 8.67. The number of guanidine groups is 1. The van der Waals surface area contributed by atoms with Gasteiger partial charge in [0, 0.05) is 31.9 Å². The molecule has 1 aromatic carbocycles. The van der Waals surface area contributed by atoms with E-state index in [4.69, 9.17) is 0 Å². The summed E-state index contributed by atoms with van der Waals surface area (Å²) in [4.78, 5) is 8.76. The minimum atomic E-state index is 0.439. The van der Waals surface area contributed by atoms with E-state index in [0.29, 0.717) is 5.92 Å². The second-order valence-electron chi connectivity index (χ2n) is 5.80. The molecule has 0 spiro atoms. The Morgan fingerprint density at radius 1 is 1.30 bits per heavy atom. The summed E-state index contributed by atoms with van der Waals surface area (Å²) in [5.74, 6) is 1.28. The lowest BCUT2D eigenvalue weighted by atomic mass is 9.99. The van der Waals surface area contributed by atoms with Gasteiger partial charge in [-0.05, 0) is 25.3 Å². The minimum absolute atomic E-state index is 0.439. The summed E-state index contributed by atoms with van der Waals surface area (Å²) in [6.07, 6.45) is 0.915. The van der Waals surface area contributed by atoms with E-state index in [-0.39, 0.29) is 0 Å². The SMILES string of the molecule is CN=C(NCCc1csc(C)n1)NCC(C)c1cccc(C)c1. The van der Waals surface area contributed by atoms with Gasteiger partial charge in [-0.2, -0.15) is 0 Å². The van der Waals surface area contributed by atoms with Crippen molar-refractivity contribution in [3.05, 3.63) is 51.5 Å². The molecule has 2 aromatic rings. The first-order valence-electron chi connectivity index (χ1n) is 8.00. The molecule has 5 heteroatoms. The number of aryl methyl sites for hydroxylation is 2. The molecule has 0 amide bonds. The first-order chi connectivity index (χ1) is 11.1. The summed E-state index contributed by atoms with van der Waals surface area (Å²) in [5, 5.41) is 9.99. The van der Waals surface area contributed by atoms with E-state index in [1.807, 2.05) is 6.92 Å². The maximum atomic E-state index is 4.47. The van der Waals surface area contributed by atoms with E-state index >= 15 is 0 Å². The lowest BCUT2D eigenvalue weighted by molar-refractivity contribution is 0.696. The largest absolute Gasteiger partial charge is 0.356 e. The van der Waals surface area contributed by atoms with Crippen LogP contribution in [0.5, 0.6) is 0 Å². The highest BCUT2D eigenvalue weighted by atomic mass is 32.1. The van der Waals surface area contributed by atoms with Crippen molar-refractivity contribution < 1.29 is 0 Å². The predicted molar refractivity (Wildman–Crippen MR) is 99.5 cm³/mol. The fourth-order valence-corrected chi connectivity index (χ4v) is 3.04. The first kappa shape index (κ1) is 17.5. The molecule has 4 nitrogen and oxygen atoms in total. The third kappa shape index (κ3) is 5.67. The van der Waals surface area contributed by atoms with Gasteiger partial charge >= 0.3 is 0 Å². The number of nitrogens with zero attached hydrogens (tertiary/aromatic N) is 2. The van der Waals surface area contributed by atoms with Crippen molar-refractivity contribution in [1.82, 2.24) is 15.6 Å². The Morgan fingerprint density at radius 3 is 2.78 bits per heavy atom. The van der Waals surface area contributed by atoms with Crippen LogP contribution in [0.15, 0.2) is 34.6 Å². The van der Waals surface area contributed by atoms with Crippen LogP contribution in [0.25, 0.3) is 0 Å². The Morgan fingerprint density at radius 2 is 2.13 bits per heavy atom. The quantitative estimate of drug-likeness (QED) is 0.631. The van der Waals surface area contributed by atoms with Crippen molar-refractivity contribution in [2.24, 2.45) is 4.99 Å². The summed E-state index contributed by atoms with van der Waals surface area (Å²) < 4.78 is 0. The monoisotopic (exact) mass is 330 g/mol. The third-order valence-electron chi connectivity index (χ3n) is 3.75. The molecule has 2 rings (SSSR count). The van der Waals surface area contributed by atoms with E-state index in [2.05, 4.69) is 64.1 Å². The zero-order valence-corrected chi connectivity index (χ0v) is 15.2. The average molecular weight is 331 g/mol. The molecule has 1 atom stereocenters. The van der Waals surface area contributed by atoms with Crippen LogP contribution in [-0.2, 0) is 6.42 Å². The number of thiazole rings is 1. The van der Waals surface area contributed by atoms with Gasteiger partial charge in [0.05, 0.1) is 10.7 Å². The molecule has 1 unspecified atom stereocenters. The summed E-state index contributed by atoms with van der Waals surface area (Å²) in [6.45, 7) is 8.09. The van der Waals surface area contributed by atoms with Crippen molar-refractivity contribution in [2.75, 3.05) is 20.1 Å². The zero-order valence-electron chi connectivity index (χ0n) is 14.4. The second kappa shape index (κ2) is 8.67. The highest BCUT2D eigenvalue weighted by Gasteiger charge is 2.07. The summed E-state index contributed by atoms with van der Waals surface area (Å²) in [5.41, 5.74) is 3.80. The summed E-state index contributed by atoms with van der Waals surface area (Å²) in [7, 11) is 1.81. The van der Waals surface area contributed by atoms with Gasteiger partial charge in [0.2, 0.25) is 0 Å². The Balaban J connectivity index is 1.76. The highest BCUT2D eigenvalue weighted by molar-refractivity contribution is 7.09. The lowest BCUT2D eigenvalue weighted by Crippen LogP contribution is -2.39. The van der Waals surface area contributed by atoms with Gasteiger partial charge in [-0.15, -0.1) is 11.3 Å². The number of benzene rings is 1. The van der Waals surface area contributed by atoms with Crippen molar-refractivity contribution in [2.45, 2.75) is 33.1 Å². The highest BCUT2D eigenvalue weighted by Crippen LogP contribution is 2.15. The topological polar surface area (TPSA) is 49.3 Å². The molecule has 0 bridgehead atoms. The summed E-state index contributed by atoms with van der Waals surface area (Å²) >= 11 is 1.70. The van der Waals surface area contributed by atoms with Gasteiger partial charge in [0.15, 0.2) is 5.96 Å². The van der Waals surface area contributed by atoms with Gasteiger partial charge in [-0.1, -0.05) is 36.8 Å². The maximum absolute atomic E-state index is 4.47. The van der Waals surface area contributed by atoms with Crippen LogP contribution >= 0.6 is 11.3 Å². The van der Waals surface area contributed by atoms with Crippen molar-refractivity contribution in [1.29, 1.82) is 0 Å². The molecule has 124 valence electrons. The van der Waals surface area contributed by atoms with E-state index in [9.17, 15) is 0 Å². The molecular weight excluding hydrogens is 304 g/mol. The number of hydrogen-bond donors (Lipinski definition) is 2. The smallest absolute Gasteiger partial charge is 0.191 e. The lowest BCUT2D eigenvalue weighted by Gasteiger charge is -2.16. The van der Waals surface area contributed by atoms with Crippen molar-refractivity contribution in [3.63, 3.8) is 0 Å². The van der Waals surface area contributed by atoms with E-state index in [0.717, 1.165) is 36.2 Å². The number of aromatic nitrogens is 1. The fraction of sp³-hybridized carbons (Fsp3) is 0.444. The fourth-order valence-electron chi connectivity index (χ4n) is 2.40. The molecule has 0 saturated heterocycles. The molecule has 0 saturated carbocycles. The van der Waals surface area contributed by atoms with E-state index in [1.165, 1.54) is 11.1 Å². The van der Waals surface area contributed by atoms with Gasteiger partial charge in [-0.3, -0.25) is 4.99 Å². The molecule has 1 heterocycles. The Kier molecular flexibility index (Phi) is 6.59. The average Bonchev–Trinajstić information content (AvgIpc) is 2.95. The zero-order chi connectivity index (χ0) is 16.7. The molecule has 0 fully saturated rings. The molecule has 2 N–H and O–H groups in total. The second-order valence-corrected chi connectivity index (χ2v) is 6.87. The molecule has 0 aliphatic rings. The van der Waals surface area contributed by atoms with Crippen LogP contribution in [0.2, 0.25) is 0 Å². The third-order valence-corrected chi connectivity index (χ3v) is 4.57. The maximum Gasteiger partial charge on any atom is 0.191 e. The van der Waals surface area contributed by atoms with Gasteiger partial charge in [-0.25, -0.2) is 4.98 Å². The minimum Gasteiger partial charge on any atom is -0.356 e. The van der Waals surface area contributed by atoms with Crippen LogP contribution in [0, 0.1) is 13.8 Å². The molecular formula is C18H26N4S. The van der Waals surface area contributed by atoms with Crippen LogP contribution in [0.3, 0.4) is 0 Å². The van der Waals surface area contributed by atoms with Crippen molar-refractivity contribution >= 4 is 17.3 Å². The standard InChI is InChI=1S/C18H26N4S/c1-13-6-5-7-16(10-13)14(2)11-21-18(19-4)20-9-8-17-12-23-15(3)22-17/h5-7,10,12,14H,8-9,11H2,1-4H3,(H2,19,20,21). The Bertz CT molecular complexity index is 648. The number of nitrogens with one attached hydrogen (secondary N) is 2.